The molecule has 0 spiro atoms. The summed E-state index contributed by atoms with van der Waals surface area (Å²) < 4.78 is 23.1. The molecule has 84 heavy (non-hydrogen) atoms. The number of carbonyl (C=O) groups excluding carboxylic acids is 5. The number of phenolic OH excluding ortho intramolecular Hbond substituents is 2. The fourth-order valence-corrected chi connectivity index (χ4v) is 13.0. The number of aryl methyl sites for hydroxylation is 2. The van der Waals surface area contributed by atoms with Crippen molar-refractivity contribution in [3.63, 3.8) is 0 Å². The third-order valence-corrected chi connectivity index (χ3v) is 17.6. The molecule has 437 valence electrons. The van der Waals surface area contributed by atoms with Gasteiger partial charge in [0.2, 0.25) is 11.7 Å². The number of ether oxygens (including phenoxy) is 4. The zero-order valence-electron chi connectivity index (χ0n) is 47.4. The number of nitrogens with two attached hydrogens (primary N) is 1. The van der Waals surface area contributed by atoms with Crippen molar-refractivity contribution in [3.8, 4) is 17.2 Å². The third-order valence-electron chi connectivity index (χ3n) is 17.6. The van der Waals surface area contributed by atoms with E-state index in [-0.39, 0.29) is 81.0 Å². The number of methoxy groups -OCH3 is 2. The zero-order chi connectivity index (χ0) is 59.4. The molecule has 3 aromatic heterocycles. The number of rotatable bonds is 12. The van der Waals surface area contributed by atoms with Gasteiger partial charge in [-0.05, 0) is 68.9 Å². The SMILES string of the molecule is C=Cc1c(C)c2cc3nc(c4c5[n-]c(cc6nc(cc1[n-]2)C(C)=C6CC)c(C)c5C(=O)C4C(=O)OC)[C@@H](CCC(=O)N/N=C(/CO)[C@]1(O)Cc2c(O)c4c(c(O)c2[C@@H](O[C@H]2C[C@H](N)[C@H](O)[C@H](C)O2)C1)C(=O)c1c(OC)cccc1C4=O)[C@H]3C.[Mn+2]. The Kier molecular flexibility index (Phi) is 15.9. The summed E-state index contributed by atoms with van der Waals surface area (Å²) in [5.41, 5.74) is 13.4. The van der Waals surface area contributed by atoms with Crippen molar-refractivity contribution >= 4 is 74.2 Å². The van der Waals surface area contributed by atoms with Crippen LogP contribution >= 0.6 is 0 Å². The maximum Gasteiger partial charge on any atom is 2.00 e. The predicted molar refractivity (Wildman–Crippen MR) is 303 cm³/mol. The van der Waals surface area contributed by atoms with Crippen molar-refractivity contribution in [1.29, 1.82) is 0 Å². The third kappa shape index (κ3) is 9.39. The number of aliphatic hydroxyl groups is 3. The summed E-state index contributed by atoms with van der Waals surface area (Å²) in [6.07, 6.45) is -3.50. The number of aromatic hydroxyl groups is 2. The Balaban J connectivity index is 0.00000786. The number of Topliss-reactive ketones (excluding diaryl/α,β-unsaturated/α-hetero) is 1. The minimum atomic E-state index is -2.29. The monoisotopic (exact) mass is 1180 g/mol. The van der Waals surface area contributed by atoms with Gasteiger partial charge in [-0.25, -0.2) is 10.4 Å². The number of hydrogen-bond donors (Lipinski definition) is 7. The normalized spacial score (nSPS) is 24.3. The maximum atomic E-state index is 14.6. The summed E-state index contributed by atoms with van der Waals surface area (Å²) in [7, 11) is 2.52. The molecule has 21 nitrogen and oxygen atoms in total. The van der Waals surface area contributed by atoms with Crippen LogP contribution in [0.4, 0.5) is 0 Å². The molecular weight excluding hydrogens is 1120 g/mol. The Morgan fingerprint density at radius 3 is 2.35 bits per heavy atom. The van der Waals surface area contributed by atoms with Crippen LogP contribution in [0.15, 0.2) is 48.1 Å². The Morgan fingerprint density at radius 2 is 1.67 bits per heavy atom. The molecule has 8 bridgehead atoms. The van der Waals surface area contributed by atoms with Crippen molar-refractivity contribution in [3.05, 3.63) is 127 Å². The number of ketones is 3. The molecule has 1 saturated heterocycles. The summed E-state index contributed by atoms with van der Waals surface area (Å²) in [6, 6.07) is 9.15. The van der Waals surface area contributed by atoms with E-state index in [9.17, 15) is 49.5 Å². The van der Waals surface area contributed by atoms with E-state index in [4.69, 9.17) is 44.6 Å². The van der Waals surface area contributed by atoms with Gasteiger partial charge in [0.15, 0.2) is 17.9 Å². The molecule has 5 aromatic rings. The van der Waals surface area contributed by atoms with Crippen LogP contribution in [0.5, 0.6) is 17.2 Å². The number of nitrogens with zero attached hydrogens (tertiary/aromatic N) is 5. The van der Waals surface area contributed by atoms with Crippen molar-refractivity contribution in [2.24, 2.45) is 10.8 Å². The number of hydrogen-bond acceptors (Lipinski definition) is 18. The van der Waals surface area contributed by atoms with Gasteiger partial charge >= 0.3 is 23.0 Å². The van der Waals surface area contributed by atoms with Crippen molar-refractivity contribution in [1.82, 2.24) is 25.4 Å². The summed E-state index contributed by atoms with van der Waals surface area (Å²) in [5.74, 6) is -7.51. The molecule has 6 aliphatic rings. The molecule has 6 heterocycles. The Labute approximate surface area is 492 Å². The maximum absolute atomic E-state index is 14.6. The standard InChI is InChI=1S/C62H65N7O14.Mn/c1-10-29-24(3)35-18-37-26(5)31(53(66-37)49-52(61(78)81-9)58(75)46-27(6)38(67-54(46)49)20-40-30(11-2)25(4)36(65-40)19-39(29)64-35)15-16-44(71)69-68-43(23-70)62(79)21-33-48(42(22-62)83-45-17-34(63)55(72)28(7)82-45)60(77)51-50(57(33)74)56(73)32-13-12-14-41(80-8)47(32)59(51)76;/h10,12-14,18-20,26,28,31,34,42,45,52,55,70,72,79H,1,11,15-17,21-23,63H2,2-9H3,(H5,64,65,66,67,69,71,73,74,75,76,77);/q;+2/p-2/b68-43-;/t26-,28+,31+,34+,42+,45+,52?,55-,62+;/m1./s1. The Hall–Kier alpha value is -7.66. The molecule has 3 aliphatic carbocycles. The van der Waals surface area contributed by atoms with E-state index >= 15 is 0 Å². The summed E-state index contributed by atoms with van der Waals surface area (Å²) in [5, 5.41) is 62.9. The molecule has 1 fully saturated rings. The van der Waals surface area contributed by atoms with Gasteiger partial charge in [-0.1, -0.05) is 68.0 Å². The number of amides is 1. The average Bonchev–Trinajstić information content (AvgIpc) is 3.53. The van der Waals surface area contributed by atoms with Crippen LogP contribution in [0.2, 0.25) is 0 Å². The summed E-state index contributed by atoms with van der Waals surface area (Å²) in [4.78, 5) is 91.5. The molecule has 11 rings (SSSR count). The van der Waals surface area contributed by atoms with Crippen molar-refractivity contribution in [2.45, 2.75) is 134 Å². The molecule has 0 saturated carbocycles. The topological polar surface area (TPSA) is 328 Å². The van der Waals surface area contributed by atoms with E-state index in [1.54, 1.807) is 19.9 Å². The van der Waals surface area contributed by atoms with Crippen LogP contribution in [0.25, 0.3) is 39.3 Å². The number of fused-ring (bicyclic) bond motifs is 11. The number of hydrazone groups is 1. The molecule has 1 radical (unpaired) electrons. The largest absolute Gasteiger partial charge is 2.00 e. The van der Waals surface area contributed by atoms with Gasteiger partial charge in [-0.15, -0.1) is 22.1 Å². The first kappa shape index (κ1) is 59.5. The first-order valence-corrected chi connectivity index (χ1v) is 27.5. The molecule has 3 aliphatic heterocycles. The summed E-state index contributed by atoms with van der Waals surface area (Å²) in [6.45, 7) is 14.4. The van der Waals surface area contributed by atoms with Crippen molar-refractivity contribution in [2.75, 3.05) is 20.8 Å². The average molecular weight is 1190 g/mol. The first-order valence-electron chi connectivity index (χ1n) is 27.5. The molecule has 1 amide bonds. The minimum absolute atomic E-state index is 0. The molecule has 2 aromatic carbocycles. The van der Waals surface area contributed by atoms with Gasteiger partial charge in [0.05, 0.1) is 72.9 Å². The Bertz CT molecular complexity index is 3930. The van der Waals surface area contributed by atoms with Crippen LogP contribution in [0.3, 0.4) is 0 Å². The fourth-order valence-electron chi connectivity index (χ4n) is 13.0. The van der Waals surface area contributed by atoms with Gasteiger partial charge < -0.3 is 60.2 Å². The second-order valence-corrected chi connectivity index (χ2v) is 22.2. The quantitative estimate of drug-likeness (QED) is 0.0179. The second kappa shape index (κ2) is 22.4. The molecule has 8 N–H and O–H groups in total. The number of nitrogens with one attached hydrogen (secondary N) is 1. The van der Waals surface area contributed by atoms with Gasteiger partial charge in [0, 0.05) is 77.2 Å². The number of carbonyl (C=O) groups is 5. The number of aliphatic hydroxyl groups excluding tert-OH is 2. The number of aromatic nitrogens is 4. The van der Waals surface area contributed by atoms with E-state index in [0.29, 0.717) is 45.6 Å². The van der Waals surface area contributed by atoms with Crippen LogP contribution < -0.4 is 25.9 Å². The van der Waals surface area contributed by atoms with Crippen molar-refractivity contribution < 1.29 is 85.5 Å². The molecule has 9 atom stereocenters. The van der Waals surface area contributed by atoms with Crippen LogP contribution in [0.1, 0.15) is 182 Å². The van der Waals surface area contributed by atoms with Gasteiger partial charge in [0.1, 0.15) is 28.8 Å². The van der Waals surface area contributed by atoms with E-state index < -0.39 is 131 Å². The van der Waals surface area contributed by atoms with E-state index in [0.717, 1.165) is 28.0 Å². The van der Waals surface area contributed by atoms with Gasteiger partial charge in [-0.2, -0.15) is 5.10 Å². The van der Waals surface area contributed by atoms with E-state index in [1.807, 2.05) is 45.9 Å². The van der Waals surface area contributed by atoms with Crippen LogP contribution in [-0.2, 0) is 47.3 Å². The van der Waals surface area contributed by atoms with E-state index in [2.05, 4.69) is 17.1 Å². The summed E-state index contributed by atoms with van der Waals surface area (Å²) >= 11 is 0. The number of allylic oxidation sites excluding steroid dienone is 2. The van der Waals surface area contributed by atoms with Gasteiger partial charge in [0.25, 0.3) is 0 Å². The van der Waals surface area contributed by atoms with Crippen LogP contribution in [-0.4, -0.2) is 121 Å². The zero-order valence-corrected chi connectivity index (χ0v) is 48.6. The molecular formula is C62H63MnN7O14. The smallest absolute Gasteiger partial charge is 0.657 e. The Morgan fingerprint density at radius 1 is 0.952 bits per heavy atom. The number of benzene rings is 2. The molecule has 22 heteroatoms. The fraction of sp³-hybridized carbons (Fsp3) is 0.387. The predicted octanol–water partition coefficient (Wildman–Crippen LogP) is 6.21. The minimum Gasteiger partial charge on any atom is -0.657 e. The molecule has 1 unspecified atom stereocenters. The van der Waals surface area contributed by atoms with Crippen LogP contribution in [0, 0.1) is 13.8 Å². The first-order chi connectivity index (χ1) is 39.6. The van der Waals surface area contributed by atoms with Gasteiger partial charge in [-0.3, -0.25) is 29.0 Å². The van der Waals surface area contributed by atoms with E-state index in [1.165, 1.54) is 32.4 Å². The second-order valence-electron chi connectivity index (χ2n) is 22.2. The number of phenols is 2. The number of esters is 1.